The second-order valence-corrected chi connectivity index (χ2v) is 7.60. The molecule has 8 nitrogen and oxygen atoms in total. The molecule has 3 rings (SSSR count). The molecule has 11 heteroatoms. The number of halogens is 1. The lowest BCUT2D eigenvalue weighted by Gasteiger charge is -2.05. The van der Waals surface area contributed by atoms with Gasteiger partial charge < -0.3 is 14.8 Å². The van der Waals surface area contributed by atoms with Crippen LogP contribution in [-0.4, -0.2) is 47.0 Å². The summed E-state index contributed by atoms with van der Waals surface area (Å²) in [7, 11) is 2.84. The topological polar surface area (TPSA) is 106 Å². The summed E-state index contributed by atoms with van der Waals surface area (Å²) in [5.41, 5.74) is 1.08. The van der Waals surface area contributed by atoms with Crippen molar-refractivity contribution in [3.8, 4) is 17.1 Å². The van der Waals surface area contributed by atoms with Gasteiger partial charge in [-0.2, -0.15) is 0 Å². The van der Waals surface area contributed by atoms with Gasteiger partial charge in [0, 0.05) is 5.02 Å². The number of hydrogen-bond donors (Lipinski definition) is 2. The van der Waals surface area contributed by atoms with Crippen LogP contribution in [0.1, 0.15) is 9.67 Å². The van der Waals surface area contributed by atoms with Crippen molar-refractivity contribution in [3.05, 3.63) is 39.5 Å². The molecule has 0 aliphatic heterocycles. The minimum absolute atomic E-state index is 0.0699. The van der Waals surface area contributed by atoms with E-state index >= 15 is 0 Å². The van der Waals surface area contributed by atoms with Crippen LogP contribution in [0.3, 0.4) is 0 Å². The van der Waals surface area contributed by atoms with Crippen molar-refractivity contribution in [2.75, 3.05) is 25.3 Å². The zero-order valence-electron chi connectivity index (χ0n) is 14.8. The first kappa shape index (κ1) is 20.2. The Bertz CT molecular complexity index is 1000. The van der Waals surface area contributed by atoms with Gasteiger partial charge in [0.2, 0.25) is 11.1 Å². The van der Waals surface area contributed by atoms with Crippen LogP contribution in [-0.2, 0) is 9.53 Å². The van der Waals surface area contributed by atoms with E-state index in [1.54, 1.807) is 36.8 Å². The maximum absolute atomic E-state index is 12.2. The van der Waals surface area contributed by atoms with Crippen molar-refractivity contribution in [3.63, 3.8) is 0 Å². The lowest BCUT2D eigenvalue weighted by molar-refractivity contribution is -0.113. The van der Waals surface area contributed by atoms with Crippen molar-refractivity contribution in [2.24, 2.45) is 0 Å². The van der Waals surface area contributed by atoms with Gasteiger partial charge in [-0.3, -0.25) is 9.89 Å². The Balaban J connectivity index is 1.64. The summed E-state index contributed by atoms with van der Waals surface area (Å²) in [5.74, 6) is 0.364. The highest BCUT2D eigenvalue weighted by molar-refractivity contribution is 7.99. The highest BCUT2D eigenvalue weighted by atomic mass is 35.5. The molecule has 0 spiro atoms. The standard InChI is InChI=1S/C17H15ClN4O4S2/c1-25-12-4-3-9(18)7-10(12)15-20-17(22-21-15)28-8-13(23)19-11-5-6-27-14(11)16(24)26-2/h3-7H,8H2,1-2H3,(H,19,23)(H,20,21,22). The summed E-state index contributed by atoms with van der Waals surface area (Å²) >= 11 is 8.39. The average molecular weight is 439 g/mol. The van der Waals surface area contributed by atoms with E-state index in [1.807, 2.05) is 0 Å². The number of methoxy groups -OCH3 is 2. The number of nitrogens with zero attached hydrogens (tertiary/aromatic N) is 2. The lowest BCUT2D eigenvalue weighted by Crippen LogP contribution is -2.15. The molecule has 1 amide bonds. The maximum Gasteiger partial charge on any atom is 0.350 e. The van der Waals surface area contributed by atoms with E-state index in [9.17, 15) is 9.59 Å². The maximum atomic E-state index is 12.2. The van der Waals surface area contributed by atoms with Crippen LogP contribution < -0.4 is 10.1 Å². The minimum atomic E-state index is -0.493. The number of esters is 1. The van der Waals surface area contributed by atoms with Crippen LogP contribution in [0.4, 0.5) is 5.69 Å². The zero-order valence-corrected chi connectivity index (χ0v) is 17.2. The highest BCUT2D eigenvalue weighted by Crippen LogP contribution is 2.31. The highest BCUT2D eigenvalue weighted by Gasteiger charge is 2.17. The third-order valence-corrected chi connectivity index (χ3v) is 5.50. The Labute approximate surface area is 173 Å². The molecule has 146 valence electrons. The number of H-pyrrole nitrogens is 1. The number of anilines is 1. The molecular formula is C17H15ClN4O4S2. The van der Waals surface area contributed by atoms with E-state index < -0.39 is 5.97 Å². The number of thioether (sulfide) groups is 1. The number of rotatable bonds is 7. The minimum Gasteiger partial charge on any atom is -0.496 e. The first-order chi connectivity index (χ1) is 13.5. The normalized spacial score (nSPS) is 10.5. The number of ether oxygens (including phenoxy) is 2. The number of amides is 1. The average Bonchev–Trinajstić information content (AvgIpc) is 3.35. The number of carbonyl (C=O) groups excluding carboxylic acids is 2. The summed E-state index contributed by atoms with van der Waals surface area (Å²) in [6, 6.07) is 6.82. The van der Waals surface area contributed by atoms with Crippen molar-refractivity contribution < 1.29 is 19.1 Å². The third kappa shape index (κ3) is 4.64. The molecule has 2 N–H and O–H groups in total. The molecule has 0 fully saturated rings. The van der Waals surface area contributed by atoms with E-state index in [2.05, 4.69) is 25.2 Å². The number of thiophene rings is 1. The number of benzene rings is 1. The van der Waals surface area contributed by atoms with Crippen molar-refractivity contribution in [1.29, 1.82) is 0 Å². The molecular weight excluding hydrogens is 424 g/mol. The predicted octanol–water partition coefficient (Wildman–Crippen LogP) is 3.71. The fraction of sp³-hybridized carbons (Fsp3) is 0.176. The summed E-state index contributed by atoms with van der Waals surface area (Å²) in [5, 5.41) is 12.2. The molecule has 0 atom stereocenters. The van der Waals surface area contributed by atoms with Crippen LogP contribution >= 0.6 is 34.7 Å². The molecule has 0 saturated carbocycles. The second-order valence-electron chi connectivity index (χ2n) is 5.30. The number of aromatic amines is 1. The number of hydrogen-bond acceptors (Lipinski definition) is 8. The number of nitrogens with one attached hydrogen (secondary N) is 2. The largest absolute Gasteiger partial charge is 0.496 e. The molecule has 3 aromatic rings. The van der Waals surface area contributed by atoms with E-state index in [4.69, 9.17) is 16.3 Å². The van der Waals surface area contributed by atoms with Gasteiger partial charge in [0.15, 0.2) is 5.82 Å². The second kappa shape index (κ2) is 9.09. The van der Waals surface area contributed by atoms with Gasteiger partial charge in [0.05, 0.1) is 31.2 Å². The number of aromatic nitrogens is 3. The first-order valence-corrected chi connectivity index (χ1v) is 10.1. The summed E-state index contributed by atoms with van der Waals surface area (Å²) in [6.07, 6.45) is 0. The lowest BCUT2D eigenvalue weighted by atomic mass is 10.2. The summed E-state index contributed by atoms with van der Waals surface area (Å²) < 4.78 is 10.00. The van der Waals surface area contributed by atoms with E-state index in [0.717, 1.165) is 11.8 Å². The van der Waals surface area contributed by atoms with Crippen LogP contribution in [0, 0.1) is 0 Å². The van der Waals surface area contributed by atoms with E-state index in [0.29, 0.717) is 37.9 Å². The zero-order chi connectivity index (χ0) is 20.1. The number of carbonyl (C=O) groups is 2. The van der Waals surface area contributed by atoms with E-state index in [1.165, 1.54) is 18.4 Å². The Morgan fingerprint density at radius 2 is 2.14 bits per heavy atom. The van der Waals surface area contributed by atoms with Crippen LogP contribution in [0.5, 0.6) is 5.75 Å². The summed E-state index contributed by atoms with van der Waals surface area (Å²) in [6.45, 7) is 0. The smallest absolute Gasteiger partial charge is 0.350 e. The first-order valence-electron chi connectivity index (χ1n) is 7.86. The Kier molecular flexibility index (Phi) is 6.55. The van der Waals surface area contributed by atoms with Crippen molar-refractivity contribution in [1.82, 2.24) is 15.2 Å². The fourth-order valence-electron chi connectivity index (χ4n) is 2.27. The Hall–Kier alpha value is -2.56. The van der Waals surface area contributed by atoms with Gasteiger partial charge in [-0.25, -0.2) is 9.78 Å². The molecule has 0 unspecified atom stereocenters. The van der Waals surface area contributed by atoms with Gasteiger partial charge >= 0.3 is 5.97 Å². The van der Waals surface area contributed by atoms with Crippen molar-refractivity contribution in [2.45, 2.75) is 5.16 Å². The Morgan fingerprint density at radius 3 is 2.89 bits per heavy atom. The van der Waals surface area contributed by atoms with Gasteiger partial charge in [0.1, 0.15) is 10.6 Å². The molecule has 0 aliphatic carbocycles. The van der Waals surface area contributed by atoms with Gasteiger partial charge in [0.25, 0.3) is 0 Å². The van der Waals surface area contributed by atoms with E-state index in [-0.39, 0.29) is 11.7 Å². The fourth-order valence-corrected chi connectivity index (χ4v) is 3.81. The molecule has 1 aromatic carbocycles. The molecule has 2 heterocycles. The van der Waals surface area contributed by atoms with Crippen LogP contribution in [0.2, 0.25) is 5.02 Å². The Morgan fingerprint density at radius 1 is 1.32 bits per heavy atom. The van der Waals surface area contributed by atoms with Crippen LogP contribution in [0.25, 0.3) is 11.4 Å². The quantitative estimate of drug-likeness (QED) is 0.427. The molecule has 0 radical (unpaired) electrons. The molecule has 28 heavy (non-hydrogen) atoms. The monoisotopic (exact) mass is 438 g/mol. The SMILES string of the molecule is COC(=O)c1sccc1NC(=O)CSc1n[nH]c(-c2cc(Cl)ccc2OC)n1. The van der Waals surface area contributed by atoms with Crippen LogP contribution in [0.15, 0.2) is 34.8 Å². The van der Waals surface area contributed by atoms with Gasteiger partial charge in [-0.05, 0) is 29.6 Å². The van der Waals surface area contributed by atoms with Gasteiger partial charge in [-0.1, -0.05) is 23.4 Å². The molecule has 2 aromatic heterocycles. The predicted molar refractivity (Wildman–Crippen MR) is 108 cm³/mol. The molecule has 0 aliphatic rings. The molecule has 0 saturated heterocycles. The summed E-state index contributed by atoms with van der Waals surface area (Å²) in [4.78, 5) is 28.5. The molecule has 0 bridgehead atoms. The third-order valence-electron chi connectivity index (χ3n) is 3.52. The van der Waals surface area contributed by atoms with Gasteiger partial charge in [-0.15, -0.1) is 16.4 Å². The van der Waals surface area contributed by atoms with Crippen molar-refractivity contribution >= 4 is 52.3 Å².